The molecular weight excluding hydrogens is 248 g/mol. The lowest BCUT2D eigenvalue weighted by molar-refractivity contribution is 0.289. The topological polar surface area (TPSA) is 77.8 Å². The molecule has 0 radical (unpaired) electrons. The van der Waals surface area contributed by atoms with Gasteiger partial charge in [-0.15, -0.1) is 11.3 Å². The second kappa shape index (κ2) is 5.16. The maximum absolute atomic E-state index is 6.12. The summed E-state index contributed by atoms with van der Waals surface area (Å²) in [5.41, 5.74) is 7.93. The largest absolute Gasteiger partial charge is 0.339 e. The Morgan fingerprint density at radius 3 is 3.06 bits per heavy atom. The molecule has 1 fully saturated rings. The van der Waals surface area contributed by atoms with E-state index in [0.717, 1.165) is 23.5 Å². The maximum atomic E-state index is 6.12. The summed E-state index contributed by atoms with van der Waals surface area (Å²) in [6.45, 7) is 0. The minimum atomic E-state index is 0.162. The first-order valence-electron chi connectivity index (χ1n) is 6.28. The fraction of sp³-hybridized carbons (Fsp3) is 0.583. The van der Waals surface area contributed by atoms with Crippen LogP contribution in [-0.4, -0.2) is 21.2 Å². The van der Waals surface area contributed by atoms with Crippen molar-refractivity contribution in [2.45, 2.75) is 44.1 Å². The van der Waals surface area contributed by atoms with Gasteiger partial charge in [-0.1, -0.05) is 18.0 Å². The van der Waals surface area contributed by atoms with Crippen LogP contribution in [-0.2, 0) is 6.42 Å². The van der Waals surface area contributed by atoms with Crippen molar-refractivity contribution in [2.24, 2.45) is 5.73 Å². The van der Waals surface area contributed by atoms with Crippen LogP contribution in [0.25, 0.3) is 0 Å². The van der Waals surface area contributed by atoms with Crippen molar-refractivity contribution >= 4 is 11.3 Å². The van der Waals surface area contributed by atoms with Gasteiger partial charge in [-0.25, -0.2) is 0 Å². The Labute approximate surface area is 109 Å². The Balaban J connectivity index is 1.72. The van der Waals surface area contributed by atoms with Crippen molar-refractivity contribution in [3.8, 4) is 0 Å². The quantitative estimate of drug-likeness (QED) is 0.918. The summed E-state index contributed by atoms with van der Waals surface area (Å²) in [5, 5.41) is 4.04. The van der Waals surface area contributed by atoms with Crippen molar-refractivity contribution < 1.29 is 4.52 Å². The fourth-order valence-electron chi connectivity index (χ4n) is 2.44. The Hall–Kier alpha value is -1.27. The van der Waals surface area contributed by atoms with E-state index in [2.05, 4.69) is 15.1 Å². The Morgan fingerprint density at radius 1 is 1.39 bits per heavy atom. The molecule has 96 valence electrons. The zero-order valence-corrected chi connectivity index (χ0v) is 10.9. The normalized spacial score (nSPS) is 24.3. The number of aromatic nitrogens is 3. The van der Waals surface area contributed by atoms with E-state index in [0.29, 0.717) is 12.3 Å². The first-order valence-corrected chi connectivity index (χ1v) is 7.16. The van der Waals surface area contributed by atoms with Gasteiger partial charge in [0.05, 0.1) is 11.4 Å². The molecule has 2 aromatic rings. The summed E-state index contributed by atoms with van der Waals surface area (Å²) in [6, 6.07) is 0.162. The second-order valence-electron chi connectivity index (χ2n) is 4.75. The maximum Gasteiger partial charge on any atom is 0.231 e. The molecule has 2 aromatic heterocycles. The lowest BCUT2D eigenvalue weighted by Gasteiger charge is -2.25. The highest BCUT2D eigenvalue weighted by atomic mass is 32.1. The van der Waals surface area contributed by atoms with E-state index in [9.17, 15) is 0 Å². The van der Waals surface area contributed by atoms with Crippen LogP contribution >= 0.6 is 11.3 Å². The van der Waals surface area contributed by atoms with Crippen molar-refractivity contribution in [1.82, 2.24) is 15.1 Å². The Bertz CT molecular complexity index is 496. The average Bonchev–Trinajstić information content (AvgIpc) is 3.02. The van der Waals surface area contributed by atoms with Gasteiger partial charge in [0, 0.05) is 23.5 Å². The zero-order chi connectivity index (χ0) is 12.4. The van der Waals surface area contributed by atoms with Crippen molar-refractivity contribution in [2.75, 3.05) is 0 Å². The summed E-state index contributed by atoms with van der Waals surface area (Å²) < 4.78 is 5.37. The van der Waals surface area contributed by atoms with Crippen molar-refractivity contribution in [1.29, 1.82) is 0 Å². The molecule has 18 heavy (non-hydrogen) atoms. The van der Waals surface area contributed by atoms with Crippen molar-refractivity contribution in [3.05, 3.63) is 28.3 Å². The highest BCUT2D eigenvalue weighted by Crippen LogP contribution is 2.31. The van der Waals surface area contributed by atoms with Crippen LogP contribution in [0.3, 0.4) is 0 Å². The minimum absolute atomic E-state index is 0.162. The monoisotopic (exact) mass is 264 g/mol. The molecule has 5 nitrogen and oxygen atoms in total. The van der Waals surface area contributed by atoms with Gasteiger partial charge in [0.1, 0.15) is 0 Å². The third kappa shape index (κ3) is 2.44. The van der Waals surface area contributed by atoms with E-state index in [-0.39, 0.29) is 12.0 Å². The van der Waals surface area contributed by atoms with Crippen LogP contribution < -0.4 is 5.73 Å². The van der Waals surface area contributed by atoms with Crippen LogP contribution in [0.2, 0.25) is 0 Å². The van der Waals surface area contributed by atoms with Gasteiger partial charge < -0.3 is 10.3 Å². The zero-order valence-electron chi connectivity index (χ0n) is 10.1. The lowest BCUT2D eigenvalue weighted by Crippen LogP contribution is -2.31. The average molecular weight is 264 g/mol. The molecule has 0 aromatic carbocycles. The molecule has 1 saturated carbocycles. The minimum Gasteiger partial charge on any atom is -0.339 e. The standard InChI is InChI=1S/C12H16N4OS/c13-10-4-2-1-3-9(10)12-15-11(16-17-12)5-8-6-14-7-18-8/h6-7,9-10H,1-5,13H2/t9-,10+/m0/s1. The van der Waals surface area contributed by atoms with Gasteiger partial charge in [0.15, 0.2) is 5.82 Å². The Kier molecular flexibility index (Phi) is 3.38. The van der Waals surface area contributed by atoms with E-state index < -0.39 is 0 Å². The molecular formula is C12H16N4OS. The van der Waals surface area contributed by atoms with Gasteiger partial charge in [-0.2, -0.15) is 4.98 Å². The predicted molar refractivity (Wildman–Crippen MR) is 68.4 cm³/mol. The molecule has 0 spiro atoms. The molecule has 1 aliphatic carbocycles. The van der Waals surface area contributed by atoms with Crippen LogP contribution in [0.1, 0.15) is 48.2 Å². The molecule has 0 aliphatic heterocycles. The first-order chi connectivity index (χ1) is 8.83. The summed E-state index contributed by atoms with van der Waals surface area (Å²) in [7, 11) is 0. The number of thiazole rings is 1. The van der Waals surface area contributed by atoms with Crippen molar-refractivity contribution in [3.63, 3.8) is 0 Å². The fourth-order valence-corrected chi connectivity index (χ4v) is 3.03. The van der Waals surface area contributed by atoms with Gasteiger partial charge in [-0.05, 0) is 12.8 Å². The van der Waals surface area contributed by atoms with Crippen LogP contribution in [0.5, 0.6) is 0 Å². The Morgan fingerprint density at radius 2 is 2.28 bits per heavy atom. The second-order valence-corrected chi connectivity index (χ2v) is 5.72. The highest BCUT2D eigenvalue weighted by Gasteiger charge is 2.28. The summed E-state index contributed by atoms with van der Waals surface area (Å²) in [5.74, 6) is 1.68. The molecule has 1 aliphatic rings. The van der Waals surface area contributed by atoms with Gasteiger partial charge in [0.2, 0.25) is 5.89 Å². The first kappa shape index (κ1) is 11.8. The summed E-state index contributed by atoms with van der Waals surface area (Å²) in [4.78, 5) is 9.67. The number of rotatable bonds is 3. The van der Waals surface area contributed by atoms with E-state index >= 15 is 0 Å². The third-order valence-electron chi connectivity index (χ3n) is 3.44. The van der Waals surface area contributed by atoms with Crippen LogP contribution in [0.4, 0.5) is 0 Å². The molecule has 2 atom stereocenters. The molecule has 6 heteroatoms. The molecule has 3 rings (SSSR count). The van der Waals surface area contributed by atoms with Gasteiger partial charge in [0.25, 0.3) is 0 Å². The smallest absolute Gasteiger partial charge is 0.231 e. The highest BCUT2D eigenvalue weighted by molar-refractivity contribution is 7.09. The molecule has 0 bridgehead atoms. The SMILES string of the molecule is N[C@@H]1CCCC[C@@H]1c1nc(Cc2cncs2)no1. The lowest BCUT2D eigenvalue weighted by atomic mass is 9.85. The third-order valence-corrected chi connectivity index (χ3v) is 4.22. The van der Waals surface area contributed by atoms with E-state index in [1.54, 1.807) is 11.3 Å². The number of hydrogen-bond acceptors (Lipinski definition) is 6. The van der Waals surface area contributed by atoms with E-state index in [4.69, 9.17) is 10.3 Å². The summed E-state index contributed by atoms with van der Waals surface area (Å²) >= 11 is 1.61. The predicted octanol–water partition coefficient (Wildman–Crippen LogP) is 2.10. The molecule has 2 heterocycles. The molecule has 0 unspecified atom stereocenters. The number of nitrogens with two attached hydrogens (primary N) is 1. The van der Waals surface area contributed by atoms with Gasteiger partial charge in [-0.3, -0.25) is 4.98 Å². The van der Waals surface area contributed by atoms with Gasteiger partial charge >= 0.3 is 0 Å². The van der Waals surface area contributed by atoms with Crippen LogP contribution in [0, 0.1) is 0 Å². The number of nitrogens with zero attached hydrogens (tertiary/aromatic N) is 3. The molecule has 0 saturated heterocycles. The number of hydrogen-bond donors (Lipinski definition) is 1. The molecule has 0 amide bonds. The molecule has 2 N–H and O–H groups in total. The van der Waals surface area contributed by atoms with Crippen LogP contribution in [0.15, 0.2) is 16.2 Å². The van der Waals surface area contributed by atoms with E-state index in [1.165, 1.54) is 12.8 Å². The summed E-state index contributed by atoms with van der Waals surface area (Å²) in [6.07, 6.45) is 7.05. The van der Waals surface area contributed by atoms with E-state index in [1.807, 2.05) is 11.7 Å².